The van der Waals surface area contributed by atoms with E-state index in [4.69, 9.17) is 4.74 Å². The molecular formula is C16H21NO3. The first kappa shape index (κ1) is 14.6. The van der Waals surface area contributed by atoms with Crippen LogP contribution in [0.3, 0.4) is 0 Å². The monoisotopic (exact) mass is 275 g/mol. The second-order valence-electron chi connectivity index (χ2n) is 5.26. The van der Waals surface area contributed by atoms with Gasteiger partial charge in [-0.2, -0.15) is 0 Å². The van der Waals surface area contributed by atoms with Crippen molar-refractivity contribution >= 4 is 5.91 Å². The second-order valence-corrected chi connectivity index (χ2v) is 5.26. The van der Waals surface area contributed by atoms with Gasteiger partial charge in [0.1, 0.15) is 12.4 Å². The lowest BCUT2D eigenvalue weighted by molar-refractivity contribution is -0.0860. The number of carbonyl (C=O) groups is 1. The van der Waals surface area contributed by atoms with E-state index in [-0.39, 0.29) is 5.91 Å². The van der Waals surface area contributed by atoms with E-state index in [1.807, 2.05) is 6.92 Å². The van der Waals surface area contributed by atoms with Crippen molar-refractivity contribution in [1.29, 1.82) is 0 Å². The number of hydrogen-bond acceptors (Lipinski definition) is 3. The lowest BCUT2D eigenvalue weighted by atomic mass is 9.89. The summed E-state index contributed by atoms with van der Waals surface area (Å²) in [4.78, 5) is 13.9. The molecule has 0 aliphatic carbocycles. The van der Waals surface area contributed by atoms with E-state index < -0.39 is 5.60 Å². The maximum Gasteiger partial charge on any atom is 0.254 e. The first-order valence-corrected chi connectivity index (χ1v) is 6.93. The molecule has 1 aliphatic rings. The molecule has 1 N–H and O–H groups in total. The minimum absolute atomic E-state index is 0.0407. The predicted octanol–water partition coefficient (Wildman–Crippen LogP) is 2.24. The molecule has 0 unspecified atom stereocenters. The summed E-state index contributed by atoms with van der Waals surface area (Å²) in [5.41, 5.74) is -0.0632. The molecule has 0 radical (unpaired) electrons. The number of benzene rings is 1. The maximum absolute atomic E-state index is 12.2. The van der Waals surface area contributed by atoms with E-state index in [9.17, 15) is 9.90 Å². The zero-order valence-electron chi connectivity index (χ0n) is 11.8. The molecule has 0 aromatic heterocycles. The number of nitrogens with zero attached hydrogens (tertiary/aromatic N) is 1. The fourth-order valence-electron chi connectivity index (χ4n) is 2.46. The van der Waals surface area contributed by atoms with Crippen LogP contribution in [0.15, 0.2) is 36.9 Å². The lowest BCUT2D eigenvalue weighted by Gasteiger charge is -2.46. The highest BCUT2D eigenvalue weighted by Gasteiger charge is 2.42. The van der Waals surface area contributed by atoms with Gasteiger partial charge in [0.05, 0.1) is 18.7 Å². The standard InChI is InChI=1S/C16H21NO3/c1-3-9-16(19)11-17(12-16)15(18)13-5-7-14(8-6-13)20-10-4-2/h4-8,19H,2-3,9-12H2,1H3. The van der Waals surface area contributed by atoms with Gasteiger partial charge in [0.25, 0.3) is 5.91 Å². The van der Waals surface area contributed by atoms with Crippen LogP contribution in [0.1, 0.15) is 30.1 Å². The van der Waals surface area contributed by atoms with Gasteiger partial charge in [0.15, 0.2) is 0 Å². The van der Waals surface area contributed by atoms with Gasteiger partial charge in [-0.05, 0) is 30.7 Å². The molecule has 1 fully saturated rings. The largest absolute Gasteiger partial charge is 0.490 e. The van der Waals surface area contributed by atoms with Crippen LogP contribution in [-0.4, -0.2) is 41.2 Å². The molecule has 20 heavy (non-hydrogen) atoms. The Morgan fingerprint density at radius 3 is 2.65 bits per heavy atom. The van der Waals surface area contributed by atoms with Gasteiger partial charge in [0.2, 0.25) is 0 Å². The summed E-state index contributed by atoms with van der Waals surface area (Å²) < 4.78 is 5.37. The Kier molecular flexibility index (Phi) is 4.45. The molecule has 4 heteroatoms. The third-order valence-corrected chi connectivity index (χ3v) is 3.44. The molecule has 0 saturated carbocycles. The highest BCUT2D eigenvalue weighted by molar-refractivity contribution is 5.95. The Balaban J connectivity index is 1.92. The van der Waals surface area contributed by atoms with E-state index in [0.717, 1.165) is 12.8 Å². The van der Waals surface area contributed by atoms with E-state index in [2.05, 4.69) is 6.58 Å². The van der Waals surface area contributed by atoms with Gasteiger partial charge in [-0.15, -0.1) is 0 Å². The van der Waals surface area contributed by atoms with Gasteiger partial charge in [-0.1, -0.05) is 26.0 Å². The summed E-state index contributed by atoms with van der Waals surface area (Å²) in [6.07, 6.45) is 3.34. The number of likely N-dealkylation sites (tertiary alicyclic amines) is 1. The normalized spacial score (nSPS) is 16.4. The van der Waals surface area contributed by atoms with Crippen LogP contribution in [0.4, 0.5) is 0 Å². The van der Waals surface area contributed by atoms with E-state index in [1.54, 1.807) is 35.2 Å². The molecule has 0 spiro atoms. The van der Waals surface area contributed by atoms with Crippen molar-refractivity contribution in [3.63, 3.8) is 0 Å². The maximum atomic E-state index is 12.2. The van der Waals surface area contributed by atoms with Crippen molar-refractivity contribution in [2.45, 2.75) is 25.4 Å². The van der Waals surface area contributed by atoms with Crippen molar-refractivity contribution < 1.29 is 14.6 Å². The summed E-state index contributed by atoms with van der Waals surface area (Å²) in [5.74, 6) is 0.675. The number of rotatable bonds is 6. The third kappa shape index (κ3) is 3.20. The van der Waals surface area contributed by atoms with Gasteiger partial charge < -0.3 is 14.7 Å². The Labute approximate surface area is 119 Å². The van der Waals surface area contributed by atoms with Crippen LogP contribution in [0.5, 0.6) is 5.75 Å². The molecular weight excluding hydrogens is 254 g/mol. The summed E-state index contributed by atoms with van der Waals surface area (Å²) in [5, 5.41) is 10.1. The average molecular weight is 275 g/mol. The number of ether oxygens (including phenoxy) is 1. The molecule has 1 aliphatic heterocycles. The van der Waals surface area contributed by atoms with Crippen molar-refractivity contribution in [2.24, 2.45) is 0 Å². The number of carbonyl (C=O) groups excluding carboxylic acids is 1. The summed E-state index contributed by atoms with van der Waals surface area (Å²) in [6.45, 7) is 6.91. The molecule has 1 saturated heterocycles. The molecule has 1 aromatic carbocycles. The SMILES string of the molecule is C=CCOc1ccc(C(=O)N2CC(O)(CCC)C2)cc1. The highest BCUT2D eigenvalue weighted by atomic mass is 16.5. The van der Waals surface area contributed by atoms with Crippen LogP contribution < -0.4 is 4.74 Å². The van der Waals surface area contributed by atoms with Crippen molar-refractivity contribution in [1.82, 2.24) is 4.90 Å². The Morgan fingerprint density at radius 2 is 2.10 bits per heavy atom. The summed E-state index contributed by atoms with van der Waals surface area (Å²) in [6, 6.07) is 7.04. The van der Waals surface area contributed by atoms with Crippen molar-refractivity contribution in [3.8, 4) is 5.75 Å². The second kappa shape index (κ2) is 6.09. The number of hydrogen-bond donors (Lipinski definition) is 1. The Hall–Kier alpha value is -1.81. The average Bonchev–Trinajstić information content (AvgIpc) is 2.42. The molecule has 0 bridgehead atoms. The number of β-amino-alcohol motifs (C(OH)–C–C–N with tert-alkyl or cyclic N) is 1. The lowest BCUT2D eigenvalue weighted by Crippen LogP contribution is -2.63. The smallest absolute Gasteiger partial charge is 0.254 e. The minimum Gasteiger partial charge on any atom is -0.490 e. The molecule has 4 nitrogen and oxygen atoms in total. The number of amides is 1. The van der Waals surface area contributed by atoms with Gasteiger partial charge in [-0.25, -0.2) is 0 Å². The molecule has 2 rings (SSSR count). The Morgan fingerprint density at radius 1 is 1.45 bits per heavy atom. The summed E-state index contributed by atoms with van der Waals surface area (Å²) in [7, 11) is 0. The minimum atomic E-state index is -0.683. The fraction of sp³-hybridized carbons (Fsp3) is 0.438. The first-order chi connectivity index (χ1) is 9.58. The first-order valence-electron chi connectivity index (χ1n) is 6.93. The zero-order valence-corrected chi connectivity index (χ0v) is 11.8. The van der Waals surface area contributed by atoms with E-state index in [0.29, 0.717) is 31.0 Å². The van der Waals surface area contributed by atoms with Gasteiger partial charge in [-0.3, -0.25) is 4.79 Å². The van der Waals surface area contributed by atoms with Crippen LogP contribution >= 0.6 is 0 Å². The topological polar surface area (TPSA) is 49.8 Å². The highest BCUT2D eigenvalue weighted by Crippen LogP contribution is 2.27. The van der Waals surface area contributed by atoms with Gasteiger partial charge in [0, 0.05) is 5.56 Å². The molecule has 1 aromatic rings. The Bertz CT molecular complexity index is 475. The zero-order chi connectivity index (χ0) is 14.6. The van der Waals surface area contributed by atoms with Crippen LogP contribution in [0, 0.1) is 0 Å². The van der Waals surface area contributed by atoms with Crippen molar-refractivity contribution in [3.05, 3.63) is 42.5 Å². The van der Waals surface area contributed by atoms with E-state index >= 15 is 0 Å². The molecule has 0 atom stereocenters. The summed E-state index contributed by atoms with van der Waals surface area (Å²) >= 11 is 0. The third-order valence-electron chi connectivity index (χ3n) is 3.44. The molecule has 108 valence electrons. The number of aliphatic hydroxyl groups is 1. The molecule has 1 heterocycles. The van der Waals surface area contributed by atoms with Gasteiger partial charge >= 0.3 is 0 Å². The predicted molar refractivity (Wildman–Crippen MR) is 77.9 cm³/mol. The van der Waals surface area contributed by atoms with Crippen LogP contribution in [0.25, 0.3) is 0 Å². The quantitative estimate of drug-likeness (QED) is 0.810. The van der Waals surface area contributed by atoms with Crippen LogP contribution in [-0.2, 0) is 0 Å². The molecule has 1 amide bonds. The fourth-order valence-corrected chi connectivity index (χ4v) is 2.46. The van der Waals surface area contributed by atoms with Crippen LogP contribution in [0.2, 0.25) is 0 Å². The van der Waals surface area contributed by atoms with Crippen molar-refractivity contribution in [2.75, 3.05) is 19.7 Å². The van der Waals surface area contributed by atoms with E-state index in [1.165, 1.54) is 0 Å².